The monoisotopic (exact) mass is 606 g/mol. The zero-order valence-electron chi connectivity index (χ0n) is 22.4. The van der Waals surface area contributed by atoms with Crippen molar-refractivity contribution >= 4 is 48.4 Å². The van der Waals surface area contributed by atoms with E-state index < -0.39 is 61.8 Å². The summed E-state index contributed by atoms with van der Waals surface area (Å²) < 4.78 is 61.4. The molecule has 15 heteroatoms. The number of carbonyl (C=O) groups is 3. The first-order chi connectivity index (χ1) is 19.4. The molecular formula is C26H30N4O9S2. The van der Waals surface area contributed by atoms with Crippen molar-refractivity contribution < 1.29 is 40.4 Å². The molecule has 220 valence electrons. The number of sulfonamides is 1. The molecule has 0 spiro atoms. The van der Waals surface area contributed by atoms with Crippen LogP contribution in [0.1, 0.15) is 29.8 Å². The van der Waals surface area contributed by atoms with Crippen molar-refractivity contribution in [2.24, 2.45) is 0 Å². The van der Waals surface area contributed by atoms with Crippen molar-refractivity contribution in [2.45, 2.75) is 36.4 Å². The van der Waals surface area contributed by atoms with Crippen LogP contribution in [0.15, 0.2) is 58.1 Å². The highest BCUT2D eigenvalue weighted by Gasteiger charge is 2.35. The van der Waals surface area contributed by atoms with Gasteiger partial charge < -0.3 is 19.8 Å². The number of pyridine rings is 1. The summed E-state index contributed by atoms with van der Waals surface area (Å²) in [5.41, 5.74) is 0.405. The molecule has 4 rings (SSSR count). The van der Waals surface area contributed by atoms with Crippen molar-refractivity contribution in [2.75, 3.05) is 32.2 Å². The number of ketones is 1. The lowest BCUT2D eigenvalue weighted by Gasteiger charge is -2.22. The summed E-state index contributed by atoms with van der Waals surface area (Å²) in [5, 5.41) is 5.47. The number of rotatable bonds is 10. The molecule has 0 radical (unpaired) electrons. The molecule has 1 saturated heterocycles. The molecule has 2 atom stereocenters. The number of Topliss-reactive ketones (excluding diaryl/α,β-unsaturated/α-hetero) is 1. The average Bonchev–Trinajstić information content (AvgIpc) is 3.28. The minimum absolute atomic E-state index is 0.0437. The van der Waals surface area contributed by atoms with E-state index in [0.29, 0.717) is 16.7 Å². The van der Waals surface area contributed by atoms with Crippen molar-refractivity contribution in [3.05, 3.63) is 54.4 Å². The molecule has 0 bridgehead atoms. The van der Waals surface area contributed by atoms with Crippen LogP contribution >= 0.6 is 0 Å². The van der Waals surface area contributed by atoms with Crippen LogP contribution in [-0.2, 0) is 29.4 Å². The third-order valence-electron chi connectivity index (χ3n) is 6.53. The van der Waals surface area contributed by atoms with E-state index in [4.69, 9.17) is 9.15 Å². The number of aromatic nitrogens is 1. The second-order valence-corrected chi connectivity index (χ2v) is 13.8. The molecule has 1 aromatic carbocycles. The second kappa shape index (κ2) is 12.4. The fourth-order valence-corrected chi connectivity index (χ4v) is 6.39. The van der Waals surface area contributed by atoms with Crippen molar-refractivity contribution in [3.63, 3.8) is 0 Å². The van der Waals surface area contributed by atoms with E-state index in [0.717, 1.165) is 10.6 Å². The van der Waals surface area contributed by atoms with Gasteiger partial charge in [-0.3, -0.25) is 14.4 Å². The van der Waals surface area contributed by atoms with Gasteiger partial charge in [0.2, 0.25) is 5.91 Å². The lowest BCUT2D eigenvalue weighted by Crippen LogP contribution is -2.52. The third kappa shape index (κ3) is 7.48. The number of hydrogen-bond donors (Lipinski definition) is 2. The standard InChI is InChI=1S/C26H30N4O9S2/c1-38-18-8-9-22-17(14-18)15-23(39-22)26(33)29-20(10-13-40(2,34)35)25(32)28-19-6-5-12-30(16-21(19)31)41(36,37)24-7-3-4-11-27-24/h3-4,7-9,11,14-15,19-20H,5-6,10,12-13,16H2,1-2H3,(H,28,32)(H,29,33)/t19?,20-/m0/s1. The van der Waals surface area contributed by atoms with Gasteiger partial charge in [0.05, 0.1) is 25.4 Å². The lowest BCUT2D eigenvalue weighted by atomic mass is 10.1. The number of fused-ring (bicyclic) bond motifs is 1. The molecule has 2 N–H and O–H groups in total. The highest BCUT2D eigenvalue weighted by Crippen LogP contribution is 2.24. The minimum Gasteiger partial charge on any atom is -0.497 e. The van der Waals surface area contributed by atoms with E-state index in [-0.39, 0.29) is 36.6 Å². The van der Waals surface area contributed by atoms with Crippen LogP contribution in [0, 0.1) is 0 Å². The first-order valence-corrected chi connectivity index (χ1v) is 16.2. The largest absolute Gasteiger partial charge is 0.497 e. The lowest BCUT2D eigenvalue weighted by molar-refractivity contribution is -0.128. The van der Waals surface area contributed by atoms with Gasteiger partial charge in [-0.1, -0.05) is 6.07 Å². The van der Waals surface area contributed by atoms with Gasteiger partial charge in [-0.2, -0.15) is 4.31 Å². The summed E-state index contributed by atoms with van der Waals surface area (Å²) in [5.74, 6) is -2.04. The van der Waals surface area contributed by atoms with Gasteiger partial charge in [-0.15, -0.1) is 0 Å². The number of methoxy groups -OCH3 is 1. The molecule has 1 aliphatic rings. The number of nitrogens with zero attached hydrogens (tertiary/aromatic N) is 2. The SMILES string of the molecule is COc1ccc2oc(C(=O)N[C@@H](CCS(C)(=O)=O)C(=O)NC3CCCN(S(=O)(=O)c4ccccn4)CC3=O)cc2c1. The maximum atomic E-state index is 13.2. The first kappa shape index (κ1) is 30.1. The third-order valence-corrected chi connectivity index (χ3v) is 9.26. The summed E-state index contributed by atoms with van der Waals surface area (Å²) in [4.78, 5) is 43.1. The van der Waals surface area contributed by atoms with Crippen LogP contribution in [0.3, 0.4) is 0 Å². The Balaban J connectivity index is 1.48. The molecule has 1 unspecified atom stereocenters. The second-order valence-electron chi connectivity index (χ2n) is 9.64. The Morgan fingerprint density at radius 1 is 1.17 bits per heavy atom. The molecule has 3 aromatic rings. The van der Waals surface area contributed by atoms with Gasteiger partial charge in [0, 0.05) is 24.4 Å². The highest BCUT2D eigenvalue weighted by atomic mass is 32.2. The van der Waals surface area contributed by atoms with Crippen LogP contribution in [0.4, 0.5) is 0 Å². The van der Waals surface area contributed by atoms with E-state index in [1.54, 1.807) is 24.3 Å². The number of carbonyl (C=O) groups excluding carboxylic acids is 3. The number of ether oxygens (including phenoxy) is 1. The maximum absolute atomic E-state index is 13.2. The molecule has 1 aliphatic heterocycles. The van der Waals surface area contributed by atoms with Gasteiger partial charge in [0.25, 0.3) is 15.9 Å². The zero-order valence-corrected chi connectivity index (χ0v) is 24.0. The molecule has 41 heavy (non-hydrogen) atoms. The molecule has 1 fully saturated rings. The number of furan rings is 1. The number of hydrogen-bond acceptors (Lipinski definition) is 10. The van der Waals surface area contributed by atoms with Gasteiger partial charge >= 0.3 is 0 Å². The average molecular weight is 607 g/mol. The topological polar surface area (TPSA) is 182 Å². The number of nitrogens with one attached hydrogen (secondary N) is 2. The fraction of sp³-hybridized carbons (Fsp3) is 0.385. The molecule has 2 amide bonds. The number of sulfone groups is 1. The van der Waals surface area contributed by atoms with Gasteiger partial charge in [-0.05, 0) is 55.7 Å². The Labute approximate surface area is 237 Å². The maximum Gasteiger partial charge on any atom is 0.287 e. The first-order valence-electron chi connectivity index (χ1n) is 12.7. The number of benzene rings is 1. The van der Waals surface area contributed by atoms with Crippen molar-refractivity contribution in [3.8, 4) is 5.75 Å². The predicted octanol–water partition coefficient (Wildman–Crippen LogP) is 0.908. The highest BCUT2D eigenvalue weighted by molar-refractivity contribution is 7.90. The molecule has 3 heterocycles. The van der Waals surface area contributed by atoms with E-state index >= 15 is 0 Å². The fourth-order valence-electron chi connectivity index (χ4n) is 4.35. The Bertz CT molecular complexity index is 1650. The normalized spacial score (nSPS) is 17.5. The molecule has 0 aliphatic carbocycles. The van der Waals surface area contributed by atoms with Crippen LogP contribution < -0.4 is 15.4 Å². The van der Waals surface area contributed by atoms with E-state index in [2.05, 4.69) is 15.6 Å². The Morgan fingerprint density at radius 2 is 1.95 bits per heavy atom. The van der Waals surface area contributed by atoms with Crippen LogP contribution in [0.25, 0.3) is 11.0 Å². The molecule has 13 nitrogen and oxygen atoms in total. The summed E-state index contributed by atoms with van der Waals surface area (Å²) in [6.07, 6.45) is 2.50. The smallest absolute Gasteiger partial charge is 0.287 e. The van der Waals surface area contributed by atoms with Gasteiger partial charge in [0.1, 0.15) is 27.2 Å². The van der Waals surface area contributed by atoms with E-state index in [1.165, 1.54) is 31.5 Å². The molecule has 0 saturated carbocycles. The summed E-state index contributed by atoms with van der Waals surface area (Å²) >= 11 is 0. The Hall–Kier alpha value is -3.82. The van der Waals surface area contributed by atoms with Crippen molar-refractivity contribution in [1.29, 1.82) is 0 Å². The summed E-state index contributed by atoms with van der Waals surface area (Å²) in [6, 6.07) is 8.47. The van der Waals surface area contributed by atoms with Crippen LogP contribution in [0.2, 0.25) is 0 Å². The molecular weight excluding hydrogens is 576 g/mol. The summed E-state index contributed by atoms with van der Waals surface area (Å²) in [6.45, 7) is -0.436. The van der Waals surface area contributed by atoms with E-state index in [1.807, 2.05) is 0 Å². The van der Waals surface area contributed by atoms with Crippen LogP contribution in [-0.4, -0.2) is 88.0 Å². The Morgan fingerprint density at radius 3 is 2.63 bits per heavy atom. The predicted molar refractivity (Wildman–Crippen MR) is 148 cm³/mol. The quantitative estimate of drug-likeness (QED) is 0.336. The van der Waals surface area contributed by atoms with E-state index in [9.17, 15) is 31.2 Å². The summed E-state index contributed by atoms with van der Waals surface area (Å²) in [7, 11) is -6.03. The number of amides is 2. The minimum atomic E-state index is -4.03. The van der Waals surface area contributed by atoms with Gasteiger partial charge in [0.15, 0.2) is 16.6 Å². The van der Waals surface area contributed by atoms with Crippen LogP contribution in [0.5, 0.6) is 5.75 Å². The van der Waals surface area contributed by atoms with Crippen molar-refractivity contribution in [1.82, 2.24) is 19.9 Å². The zero-order chi connectivity index (χ0) is 29.8. The Kier molecular flexibility index (Phi) is 9.09. The molecule has 2 aromatic heterocycles. The van der Waals surface area contributed by atoms with Gasteiger partial charge in [-0.25, -0.2) is 21.8 Å².